The second-order valence-electron chi connectivity index (χ2n) is 7.07. The van der Waals surface area contributed by atoms with Gasteiger partial charge in [-0.3, -0.25) is 5.32 Å². The number of ether oxygens (including phenoxy) is 3. The number of aliphatic hydroxyl groups excluding tert-OH is 1. The molecule has 0 aliphatic carbocycles. The van der Waals surface area contributed by atoms with Gasteiger partial charge in [0.1, 0.15) is 23.2 Å². The number of methoxy groups -OCH3 is 1. The van der Waals surface area contributed by atoms with Crippen LogP contribution in [-0.2, 0) is 4.74 Å². The van der Waals surface area contributed by atoms with Crippen LogP contribution in [0.1, 0.15) is 44.9 Å². The van der Waals surface area contributed by atoms with Gasteiger partial charge in [0.25, 0.3) is 0 Å². The summed E-state index contributed by atoms with van der Waals surface area (Å²) >= 11 is 6.37. The van der Waals surface area contributed by atoms with Gasteiger partial charge in [0.15, 0.2) is 0 Å². The van der Waals surface area contributed by atoms with Gasteiger partial charge in [-0.2, -0.15) is 0 Å². The molecule has 6 nitrogen and oxygen atoms in total. The van der Waals surface area contributed by atoms with Crippen LogP contribution in [0.3, 0.4) is 0 Å². The van der Waals surface area contributed by atoms with Gasteiger partial charge in [-0.25, -0.2) is 4.79 Å². The lowest BCUT2D eigenvalue weighted by atomic mass is 9.99. The molecule has 152 valence electrons. The van der Waals surface area contributed by atoms with Crippen LogP contribution < -0.4 is 14.8 Å². The van der Waals surface area contributed by atoms with Crippen LogP contribution >= 0.6 is 11.6 Å². The average Bonchev–Trinajstić information content (AvgIpc) is 2.61. The Kier molecular flexibility index (Phi) is 7.16. The number of halogens is 1. The molecule has 2 aromatic rings. The third-order valence-electron chi connectivity index (χ3n) is 3.77. The third-order valence-corrected chi connectivity index (χ3v) is 4.18. The van der Waals surface area contributed by atoms with Crippen LogP contribution in [0, 0.1) is 0 Å². The molecule has 1 unspecified atom stereocenters. The summed E-state index contributed by atoms with van der Waals surface area (Å²) < 4.78 is 16.1. The fourth-order valence-electron chi connectivity index (χ4n) is 2.62. The molecule has 0 bridgehead atoms. The highest BCUT2D eigenvalue weighted by Crippen LogP contribution is 2.38. The summed E-state index contributed by atoms with van der Waals surface area (Å²) in [7, 11) is 1.50. The molecule has 28 heavy (non-hydrogen) atoms. The molecule has 7 heteroatoms. The lowest BCUT2D eigenvalue weighted by molar-refractivity contribution is 0.0635. The van der Waals surface area contributed by atoms with Gasteiger partial charge in [0.2, 0.25) is 0 Å². The molecular formula is C21H26ClNO5. The van der Waals surface area contributed by atoms with E-state index in [0.717, 1.165) is 0 Å². The highest BCUT2D eigenvalue weighted by molar-refractivity contribution is 6.32. The standard InChI is InChI=1S/C21H26ClNO5/c1-6-27-13-10-11-16(23-20(25)28-21(2,3)4)15(12-13)19(24)14-8-7-9-17(26-5)18(14)22/h7-12,19,24H,6H2,1-5H3,(H,23,25). The SMILES string of the molecule is CCOc1ccc(NC(=O)OC(C)(C)C)c(C(O)c2cccc(OC)c2Cl)c1. The highest BCUT2D eigenvalue weighted by Gasteiger charge is 2.23. The van der Waals surface area contributed by atoms with Crippen LogP contribution in [0.4, 0.5) is 10.5 Å². The Morgan fingerprint density at radius 2 is 1.93 bits per heavy atom. The molecule has 2 rings (SSSR count). The van der Waals surface area contributed by atoms with E-state index < -0.39 is 17.8 Å². The molecule has 0 aromatic heterocycles. The van der Waals surface area contributed by atoms with Crippen LogP contribution in [0.5, 0.6) is 11.5 Å². The first-order valence-electron chi connectivity index (χ1n) is 8.93. The van der Waals surface area contributed by atoms with Crippen molar-refractivity contribution in [2.24, 2.45) is 0 Å². The lowest BCUT2D eigenvalue weighted by Gasteiger charge is -2.22. The number of carbonyl (C=O) groups excluding carboxylic acids is 1. The zero-order valence-corrected chi connectivity index (χ0v) is 17.5. The van der Waals surface area contributed by atoms with E-state index in [2.05, 4.69) is 5.32 Å². The van der Waals surface area contributed by atoms with E-state index in [1.807, 2.05) is 6.92 Å². The summed E-state index contributed by atoms with van der Waals surface area (Å²) in [6, 6.07) is 10.2. The van der Waals surface area contributed by atoms with Crippen LogP contribution in [0.2, 0.25) is 5.02 Å². The Balaban J connectivity index is 2.44. The minimum Gasteiger partial charge on any atom is -0.495 e. The van der Waals surface area contributed by atoms with Crippen LogP contribution in [0.25, 0.3) is 0 Å². The first-order chi connectivity index (χ1) is 13.2. The van der Waals surface area contributed by atoms with Crippen molar-refractivity contribution in [2.45, 2.75) is 39.4 Å². The second kappa shape index (κ2) is 9.17. The largest absolute Gasteiger partial charge is 0.495 e. The minimum absolute atomic E-state index is 0.294. The van der Waals surface area contributed by atoms with E-state index in [-0.39, 0.29) is 0 Å². The Bertz CT molecular complexity index is 832. The van der Waals surface area contributed by atoms with Crippen molar-refractivity contribution in [3.8, 4) is 11.5 Å². The topological polar surface area (TPSA) is 77.0 Å². The number of carbonyl (C=O) groups is 1. The molecular weight excluding hydrogens is 382 g/mol. The second-order valence-corrected chi connectivity index (χ2v) is 7.45. The Morgan fingerprint density at radius 3 is 2.54 bits per heavy atom. The van der Waals surface area contributed by atoms with Gasteiger partial charge >= 0.3 is 6.09 Å². The van der Waals surface area contributed by atoms with E-state index in [1.165, 1.54) is 7.11 Å². The molecule has 0 saturated carbocycles. The van der Waals surface area contributed by atoms with Gasteiger partial charge < -0.3 is 19.3 Å². The normalized spacial score (nSPS) is 12.2. The van der Waals surface area contributed by atoms with Gasteiger partial charge in [-0.1, -0.05) is 23.7 Å². The summed E-state index contributed by atoms with van der Waals surface area (Å²) in [5.41, 5.74) is 0.613. The molecule has 0 aliphatic heterocycles. The number of amides is 1. The van der Waals surface area contributed by atoms with E-state index >= 15 is 0 Å². The van der Waals surface area contributed by atoms with Crippen molar-refractivity contribution >= 4 is 23.4 Å². The number of benzene rings is 2. The molecule has 1 atom stereocenters. The Hall–Kier alpha value is -2.44. The summed E-state index contributed by atoms with van der Waals surface area (Å²) in [4.78, 5) is 12.2. The van der Waals surface area contributed by atoms with E-state index in [1.54, 1.807) is 57.2 Å². The van der Waals surface area contributed by atoms with Gasteiger partial charge in [0, 0.05) is 11.1 Å². The van der Waals surface area contributed by atoms with E-state index in [9.17, 15) is 9.90 Å². The first-order valence-corrected chi connectivity index (χ1v) is 9.31. The van der Waals surface area contributed by atoms with Crippen molar-refractivity contribution in [1.82, 2.24) is 0 Å². The molecule has 2 N–H and O–H groups in total. The summed E-state index contributed by atoms with van der Waals surface area (Å²) in [5.74, 6) is 1.01. The van der Waals surface area contributed by atoms with Crippen molar-refractivity contribution in [3.63, 3.8) is 0 Å². The summed E-state index contributed by atoms with van der Waals surface area (Å²) in [6.07, 6.45) is -1.74. The fraction of sp³-hybridized carbons (Fsp3) is 0.381. The predicted molar refractivity (Wildman–Crippen MR) is 110 cm³/mol. The highest BCUT2D eigenvalue weighted by atomic mass is 35.5. The average molecular weight is 408 g/mol. The van der Waals surface area contributed by atoms with Crippen molar-refractivity contribution < 1.29 is 24.1 Å². The molecule has 0 spiro atoms. The van der Waals surface area contributed by atoms with Crippen molar-refractivity contribution in [3.05, 3.63) is 52.5 Å². The van der Waals surface area contributed by atoms with Crippen molar-refractivity contribution in [1.29, 1.82) is 0 Å². The molecule has 0 saturated heterocycles. The number of rotatable bonds is 6. The fourth-order valence-corrected chi connectivity index (χ4v) is 2.92. The monoisotopic (exact) mass is 407 g/mol. The quantitative estimate of drug-likeness (QED) is 0.690. The molecule has 2 aromatic carbocycles. The van der Waals surface area contributed by atoms with Gasteiger partial charge in [-0.15, -0.1) is 0 Å². The Morgan fingerprint density at radius 1 is 1.21 bits per heavy atom. The van der Waals surface area contributed by atoms with E-state index in [0.29, 0.717) is 39.9 Å². The Labute approximate surface area is 170 Å². The number of nitrogens with one attached hydrogen (secondary N) is 1. The smallest absolute Gasteiger partial charge is 0.412 e. The van der Waals surface area contributed by atoms with Crippen LogP contribution in [0.15, 0.2) is 36.4 Å². The number of hydrogen-bond donors (Lipinski definition) is 2. The first kappa shape index (κ1) is 21.9. The maximum atomic E-state index is 12.2. The zero-order valence-electron chi connectivity index (χ0n) is 16.7. The maximum absolute atomic E-state index is 12.2. The molecule has 0 aliphatic rings. The van der Waals surface area contributed by atoms with Crippen LogP contribution in [-0.4, -0.2) is 30.5 Å². The van der Waals surface area contributed by atoms with E-state index in [4.69, 9.17) is 25.8 Å². The summed E-state index contributed by atoms with van der Waals surface area (Å²) in [5, 5.41) is 14.0. The molecule has 0 fully saturated rings. The van der Waals surface area contributed by atoms with Gasteiger partial charge in [-0.05, 0) is 52.0 Å². The zero-order chi connectivity index (χ0) is 20.9. The maximum Gasteiger partial charge on any atom is 0.412 e. The number of anilines is 1. The number of aliphatic hydroxyl groups is 1. The predicted octanol–water partition coefficient (Wildman–Crippen LogP) is 5.18. The minimum atomic E-state index is -1.12. The summed E-state index contributed by atoms with van der Waals surface area (Å²) in [6.45, 7) is 7.65. The lowest BCUT2D eigenvalue weighted by Crippen LogP contribution is -2.27. The molecule has 1 amide bonds. The van der Waals surface area contributed by atoms with Gasteiger partial charge in [0.05, 0.1) is 24.4 Å². The molecule has 0 heterocycles. The molecule has 0 radical (unpaired) electrons. The third kappa shape index (κ3) is 5.53. The van der Waals surface area contributed by atoms with Crippen molar-refractivity contribution in [2.75, 3.05) is 19.0 Å². The number of hydrogen-bond acceptors (Lipinski definition) is 5.